The van der Waals surface area contributed by atoms with Gasteiger partial charge in [0.2, 0.25) is 5.88 Å². The van der Waals surface area contributed by atoms with Crippen LogP contribution in [0, 0.1) is 0 Å². The van der Waals surface area contributed by atoms with Gasteiger partial charge in [-0.25, -0.2) is 14.8 Å². The van der Waals surface area contributed by atoms with Gasteiger partial charge in [-0.15, -0.1) is 0 Å². The highest BCUT2D eigenvalue weighted by molar-refractivity contribution is 5.79. The highest BCUT2D eigenvalue weighted by atomic mass is 16.6. The van der Waals surface area contributed by atoms with Gasteiger partial charge in [0.05, 0.1) is 12.8 Å². The van der Waals surface area contributed by atoms with Crippen molar-refractivity contribution in [2.45, 2.75) is 32.0 Å². The van der Waals surface area contributed by atoms with Gasteiger partial charge in [-0.1, -0.05) is 0 Å². The molecule has 4 aromatic rings. The average molecular weight is 430 g/mol. The predicted octanol–water partition coefficient (Wildman–Crippen LogP) is 4.42. The molecule has 1 aliphatic heterocycles. The fourth-order valence-corrected chi connectivity index (χ4v) is 3.85. The Labute approximate surface area is 184 Å². The van der Waals surface area contributed by atoms with Crippen LogP contribution in [0.15, 0.2) is 70.1 Å². The number of methoxy groups -OCH3 is 1. The molecular formula is C25H22N2O5. The molecule has 0 amide bonds. The molecule has 0 radical (unpaired) electrons. The highest BCUT2D eigenvalue weighted by Gasteiger charge is 2.39. The van der Waals surface area contributed by atoms with Gasteiger partial charge in [-0.3, -0.25) is 0 Å². The number of nitrogens with zero attached hydrogens (tertiary/aromatic N) is 2. The van der Waals surface area contributed by atoms with Crippen molar-refractivity contribution in [2.24, 2.45) is 0 Å². The summed E-state index contributed by atoms with van der Waals surface area (Å²) >= 11 is 0. The first kappa shape index (κ1) is 20.1. The van der Waals surface area contributed by atoms with Crippen molar-refractivity contribution in [3.05, 3.63) is 76.9 Å². The van der Waals surface area contributed by atoms with E-state index in [2.05, 4.69) is 9.97 Å². The molecule has 2 aromatic carbocycles. The third-order valence-corrected chi connectivity index (χ3v) is 5.65. The van der Waals surface area contributed by atoms with Crippen LogP contribution < -0.4 is 19.8 Å². The number of hydrogen-bond acceptors (Lipinski definition) is 7. The lowest BCUT2D eigenvalue weighted by molar-refractivity contribution is -0.0287. The second kappa shape index (κ2) is 7.67. The Hall–Kier alpha value is -3.87. The lowest BCUT2D eigenvalue weighted by atomic mass is 9.90. The molecular weight excluding hydrogens is 408 g/mol. The molecule has 5 rings (SSSR count). The molecule has 0 saturated heterocycles. The summed E-state index contributed by atoms with van der Waals surface area (Å²) in [5.74, 6) is 1.95. The van der Waals surface area contributed by atoms with E-state index in [0.29, 0.717) is 23.6 Å². The van der Waals surface area contributed by atoms with Crippen LogP contribution in [-0.2, 0) is 6.42 Å². The zero-order valence-electron chi connectivity index (χ0n) is 18.0. The minimum absolute atomic E-state index is 0.276. The Morgan fingerprint density at radius 3 is 2.62 bits per heavy atom. The Morgan fingerprint density at radius 1 is 1.03 bits per heavy atom. The number of fused-ring (bicyclic) bond motifs is 2. The fraction of sp³-hybridized carbons (Fsp3) is 0.240. The van der Waals surface area contributed by atoms with Crippen LogP contribution in [0.1, 0.15) is 19.4 Å². The van der Waals surface area contributed by atoms with Crippen molar-refractivity contribution < 1.29 is 18.6 Å². The number of aromatic nitrogens is 2. The molecule has 0 fully saturated rings. The third kappa shape index (κ3) is 3.77. The van der Waals surface area contributed by atoms with Gasteiger partial charge in [-0.2, -0.15) is 0 Å². The zero-order valence-corrected chi connectivity index (χ0v) is 18.0. The molecule has 0 unspecified atom stereocenters. The molecule has 32 heavy (non-hydrogen) atoms. The van der Waals surface area contributed by atoms with E-state index in [1.54, 1.807) is 19.2 Å². The topological polar surface area (TPSA) is 83.7 Å². The Bertz CT molecular complexity index is 1340. The molecule has 7 heteroatoms. The first-order chi connectivity index (χ1) is 15.4. The largest absolute Gasteiger partial charge is 0.497 e. The van der Waals surface area contributed by atoms with Gasteiger partial charge in [0.25, 0.3) is 0 Å². The Kier molecular flexibility index (Phi) is 4.81. The summed E-state index contributed by atoms with van der Waals surface area (Å²) in [6, 6.07) is 16.4. The van der Waals surface area contributed by atoms with E-state index >= 15 is 0 Å². The van der Waals surface area contributed by atoms with Gasteiger partial charge < -0.3 is 18.6 Å². The van der Waals surface area contributed by atoms with Crippen LogP contribution in [0.25, 0.3) is 22.2 Å². The predicted molar refractivity (Wildman–Crippen MR) is 119 cm³/mol. The monoisotopic (exact) mass is 430 g/mol. The van der Waals surface area contributed by atoms with Crippen molar-refractivity contribution in [1.82, 2.24) is 9.97 Å². The van der Waals surface area contributed by atoms with Gasteiger partial charge >= 0.3 is 5.63 Å². The number of hydrogen-bond donors (Lipinski definition) is 0. The normalized spacial score (nSPS) is 16.8. The summed E-state index contributed by atoms with van der Waals surface area (Å²) in [5.41, 5.74) is 2.18. The van der Waals surface area contributed by atoms with Gasteiger partial charge in [0, 0.05) is 35.6 Å². The second-order valence-corrected chi connectivity index (χ2v) is 8.24. The summed E-state index contributed by atoms with van der Waals surface area (Å²) in [5, 5.41) is 0.842. The average Bonchev–Trinajstić information content (AvgIpc) is 2.78. The van der Waals surface area contributed by atoms with Crippen molar-refractivity contribution >= 4 is 11.0 Å². The van der Waals surface area contributed by atoms with Gasteiger partial charge in [-0.05, 0) is 55.8 Å². The number of benzene rings is 2. The van der Waals surface area contributed by atoms with Crippen molar-refractivity contribution in [3.63, 3.8) is 0 Å². The lowest BCUT2D eigenvalue weighted by Crippen LogP contribution is -2.49. The van der Waals surface area contributed by atoms with Crippen LogP contribution in [0.3, 0.4) is 0 Å². The van der Waals surface area contributed by atoms with E-state index in [4.69, 9.17) is 18.6 Å². The maximum absolute atomic E-state index is 11.6. The smallest absolute Gasteiger partial charge is 0.336 e. The molecule has 0 saturated carbocycles. The van der Waals surface area contributed by atoms with Gasteiger partial charge in [0.15, 0.2) is 0 Å². The van der Waals surface area contributed by atoms with Crippen molar-refractivity contribution in [3.8, 4) is 28.6 Å². The molecule has 2 aromatic heterocycles. The molecule has 0 bridgehead atoms. The van der Waals surface area contributed by atoms with Crippen molar-refractivity contribution in [1.29, 1.82) is 0 Å². The molecule has 1 aliphatic rings. The third-order valence-electron chi connectivity index (χ3n) is 5.65. The molecule has 162 valence electrons. The summed E-state index contributed by atoms with van der Waals surface area (Å²) < 4.78 is 23.1. The summed E-state index contributed by atoms with van der Waals surface area (Å²) in [6.45, 7) is 3.94. The summed E-state index contributed by atoms with van der Waals surface area (Å²) in [4.78, 5) is 20.2. The minimum Gasteiger partial charge on any atom is -0.497 e. The maximum Gasteiger partial charge on any atom is 0.336 e. The standard InChI is InChI=1S/C25H22N2O5/c1-25(2)22(11-17-10-16-6-9-24(28)30-20(16)13-21(17)32-25)31-23-12-19(26-14-27-23)15-4-7-18(29-3)8-5-15/h4-10,12-14,22H,11H2,1-3H3/t22-/m0/s1. The van der Waals surface area contributed by atoms with Crippen LogP contribution >= 0.6 is 0 Å². The zero-order chi connectivity index (χ0) is 22.3. The fourth-order valence-electron chi connectivity index (χ4n) is 3.85. The van der Waals surface area contributed by atoms with E-state index in [9.17, 15) is 4.79 Å². The van der Waals surface area contributed by atoms with E-state index in [1.165, 1.54) is 12.4 Å². The molecule has 7 nitrogen and oxygen atoms in total. The van der Waals surface area contributed by atoms with E-state index in [-0.39, 0.29) is 11.7 Å². The Morgan fingerprint density at radius 2 is 1.84 bits per heavy atom. The molecule has 1 atom stereocenters. The summed E-state index contributed by atoms with van der Waals surface area (Å²) in [7, 11) is 1.64. The molecule has 0 aliphatic carbocycles. The quantitative estimate of drug-likeness (QED) is 0.443. The first-order valence-electron chi connectivity index (χ1n) is 10.3. The highest BCUT2D eigenvalue weighted by Crippen LogP contribution is 2.37. The SMILES string of the molecule is COc1ccc(-c2cc(O[C@H]3Cc4cc5ccc(=O)oc5cc4OC3(C)C)ncn2)cc1. The maximum atomic E-state index is 11.6. The molecule has 0 spiro atoms. The van der Waals surface area contributed by atoms with E-state index in [1.807, 2.05) is 50.2 Å². The van der Waals surface area contributed by atoms with Crippen LogP contribution in [0.5, 0.6) is 17.4 Å². The van der Waals surface area contributed by atoms with E-state index in [0.717, 1.165) is 28.0 Å². The Balaban J connectivity index is 1.43. The van der Waals surface area contributed by atoms with Crippen molar-refractivity contribution in [2.75, 3.05) is 7.11 Å². The summed E-state index contributed by atoms with van der Waals surface area (Å²) in [6.07, 6.45) is 1.84. The van der Waals surface area contributed by atoms with E-state index < -0.39 is 5.60 Å². The van der Waals surface area contributed by atoms with Gasteiger partial charge in [0.1, 0.15) is 35.1 Å². The van der Waals surface area contributed by atoms with Crippen LogP contribution in [0.2, 0.25) is 0 Å². The molecule has 0 N–H and O–H groups in total. The van der Waals surface area contributed by atoms with Crippen LogP contribution in [0.4, 0.5) is 0 Å². The molecule has 3 heterocycles. The number of rotatable bonds is 4. The van der Waals surface area contributed by atoms with Crippen LogP contribution in [-0.4, -0.2) is 28.8 Å². The minimum atomic E-state index is -0.624. The first-order valence-corrected chi connectivity index (χ1v) is 10.3. The lowest BCUT2D eigenvalue weighted by Gasteiger charge is -2.39. The second-order valence-electron chi connectivity index (χ2n) is 8.24. The number of ether oxygens (including phenoxy) is 3.